The van der Waals surface area contributed by atoms with Gasteiger partial charge in [-0.3, -0.25) is 15.7 Å². The van der Waals surface area contributed by atoms with Gasteiger partial charge in [-0.05, 0) is 49.2 Å². The van der Waals surface area contributed by atoms with Crippen LogP contribution in [0.25, 0.3) is 0 Å². The number of hydrogen-bond donors (Lipinski definition) is 3. The lowest BCUT2D eigenvalue weighted by atomic mass is 9.95. The van der Waals surface area contributed by atoms with Crippen LogP contribution in [-0.2, 0) is 0 Å². The van der Waals surface area contributed by atoms with E-state index in [1.165, 1.54) is 11.0 Å². The normalized spacial score (nSPS) is 16.4. The number of halogens is 3. The molecule has 8 heteroatoms. The minimum atomic E-state index is -2.93. The number of hydrogen-bond acceptors (Lipinski definition) is 4. The third kappa shape index (κ3) is 2.67. The lowest BCUT2D eigenvalue weighted by Gasteiger charge is -2.43. The van der Waals surface area contributed by atoms with E-state index in [9.17, 15) is 8.78 Å². The van der Waals surface area contributed by atoms with Gasteiger partial charge in [0.2, 0.25) is 0 Å². The highest BCUT2D eigenvalue weighted by molar-refractivity contribution is 9.10. The second-order valence-electron chi connectivity index (χ2n) is 5.61. The molecular weight excluding hydrogens is 358 g/mol. The summed E-state index contributed by atoms with van der Waals surface area (Å²) in [5.74, 6) is 0.411. The molecule has 0 fully saturated rings. The van der Waals surface area contributed by atoms with Crippen molar-refractivity contribution in [2.75, 3.05) is 10.2 Å². The molecule has 0 radical (unpaired) electrons. The molecule has 5 nitrogen and oxygen atoms in total. The monoisotopic (exact) mass is 374 g/mol. The second kappa shape index (κ2) is 5.49. The Kier molecular flexibility index (Phi) is 4.16. The summed E-state index contributed by atoms with van der Waals surface area (Å²) in [4.78, 5) is 1.50. The first-order valence-electron chi connectivity index (χ1n) is 6.56. The van der Waals surface area contributed by atoms with E-state index in [-0.39, 0.29) is 17.4 Å². The quantitative estimate of drug-likeness (QED) is 0.532. The first-order chi connectivity index (χ1) is 10.1. The summed E-state index contributed by atoms with van der Waals surface area (Å²) < 4.78 is 30.0. The fraction of sp³-hybridized carbons (Fsp3) is 0.429. The van der Waals surface area contributed by atoms with Crippen LogP contribution in [0.15, 0.2) is 10.5 Å². The van der Waals surface area contributed by atoms with Gasteiger partial charge < -0.3 is 10.1 Å². The topological polar surface area (TPSA) is 72.2 Å². The molecule has 3 N–H and O–H groups in total. The van der Waals surface area contributed by atoms with Crippen molar-refractivity contribution < 1.29 is 13.5 Å². The van der Waals surface area contributed by atoms with Crippen LogP contribution in [0.5, 0.6) is 5.75 Å². The second-order valence-corrected chi connectivity index (χ2v) is 6.40. The van der Waals surface area contributed by atoms with Crippen LogP contribution in [0, 0.1) is 17.7 Å². The number of amidine groups is 2. The molecule has 22 heavy (non-hydrogen) atoms. The average molecular weight is 375 g/mol. The third-order valence-corrected chi connectivity index (χ3v) is 4.45. The molecule has 0 atom stereocenters. The number of nitrogens with zero attached hydrogens (tertiary/aromatic N) is 1. The summed E-state index contributed by atoms with van der Waals surface area (Å²) in [6, 6.07) is 1.46. The van der Waals surface area contributed by atoms with Gasteiger partial charge in [-0.25, -0.2) is 0 Å². The largest absolute Gasteiger partial charge is 0.434 e. The smallest absolute Gasteiger partial charge is 0.387 e. The third-order valence-electron chi connectivity index (χ3n) is 3.47. The number of fused-ring (bicyclic) bond motifs is 1. The highest BCUT2D eigenvalue weighted by Gasteiger charge is 2.38. The van der Waals surface area contributed by atoms with Gasteiger partial charge in [0.25, 0.3) is 0 Å². The van der Waals surface area contributed by atoms with Gasteiger partial charge in [-0.1, -0.05) is 0 Å². The van der Waals surface area contributed by atoms with Crippen LogP contribution in [0.3, 0.4) is 0 Å². The Labute approximate surface area is 135 Å². The van der Waals surface area contributed by atoms with Crippen LogP contribution >= 0.6 is 15.9 Å². The Hall–Kier alpha value is -1.70. The molecule has 1 aromatic rings. The average Bonchev–Trinajstić information content (AvgIpc) is 2.37. The van der Waals surface area contributed by atoms with Gasteiger partial charge in [0.05, 0.1) is 21.4 Å². The molecule has 0 saturated heterocycles. The van der Waals surface area contributed by atoms with Gasteiger partial charge >= 0.3 is 6.61 Å². The van der Waals surface area contributed by atoms with Crippen molar-refractivity contribution in [3.8, 4) is 5.75 Å². The standard InChI is InChI=1S/C14H17BrF2N4O/c1-6-10(15)9(22-13(16)17)5-8-11(6)21(7(2)18)12(19)14(3,4)20-8/h5,13,18-20H,1-4H3. The maximum Gasteiger partial charge on any atom is 0.387 e. The van der Waals surface area contributed by atoms with E-state index >= 15 is 0 Å². The molecule has 0 bridgehead atoms. The molecule has 1 aliphatic rings. The van der Waals surface area contributed by atoms with Crippen molar-refractivity contribution in [2.45, 2.75) is 39.8 Å². The number of ether oxygens (including phenoxy) is 1. The highest BCUT2D eigenvalue weighted by atomic mass is 79.9. The van der Waals surface area contributed by atoms with Crippen molar-refractivity contribution in [3.05, 3.63) is 16.1 Å². The van der Waals surface area contributed by atoms with Crippen molar-refractivity contribution in [3.63, 3.8) is 0 Å². The van der Waals surface area contributed by atoms with Crippen LogP contribution in [0.4, 0.5) is 20.2 Å². The minimum absolute atomic E-state index is 0.0190. The highest BCUT2D eigenvalue weighted by Crippen LogP contribution is 2.45. The maximum atomic E-state index is 12.5. The summed E-state index contributed by atoms with van der Waals surface area (Å²) in [5.41, 5.74) is 1.01. The molecule has 0 saturated carbocycles. The molecule has 0 spiro atoms. The van der Waals surface area contributed by atoms with E-state index in [1.807, 2.05) is 0 Å². The van der Waals surface area contributed by atoms with Gasteiger partial charge in [0, 0.05) is 6.07 Å². The molecule has 0 amide bonds. The van der Waals surface area contributed by atoms with E-state index < -0.39 is 12.2 Å². The molecule has 0 aliphatic carbocycles. The Bertz CT molecular complexity index is 661. The summed E-state index contributed by atoms with van der Waals surface area (Å²) in [5, 5.41) is 19.4. The van der Waals surface area contributed by atoms with Gasteiger partial charge in [0.15, 0.2) is 0 Å². The molecule has 2 rings (SSSR count). The number of nitrogens with one attached hydrogen (secondary N) is 3. The van der Waals surface area contributed by atoms with Crippen LogP contribution < -0.4 is 15.0 Å². The van der Waals surface area contributed by atoms with Crippen molar-refractivity contribution in [2.24, 2.45) is 0 Å². The number of benzene rings is 1. The first-order valence-corrected chi connectivity index (χ1v) is 7.36. The molecule has 120 valence electrons. The van der Waals surface area contributed by atoms with Gasteiger partial charge in [0.1, 0.15) is 17.4 Å². The van der Waals surface area contributed by atoms with Crippen molar-refractivity contribution in [1.82, 2.24) is 0 Å². The molecule has 1 aliphatic heterocycles. The predicted octanol–water partition coefficient (Wildman–Crippen LogP) is 4.34. The fourth-order valence-corrected chi connectivity index (χ4v) is 2.84. The van der Waals surface area contributed by atoms with E-state index in [2.05, 4.69) is 26.0 Å². The molecular formula is C14H17BrF2N4O. The number of alkyl halides is 2. The lowest BCUT2D eigenvalue weighted by molar-refractivity contribution is -0.0503. The molecule has 0 unspecified atom stereocenters. The van der Waals surface area contributed by atoms with E-state index in [0.29, 0.717) is 21.4 Å². The SMILES string of the molecule is CC(=N)N1C(=N)C(C)(C)Nc2cc(OC(F)F)c(Br)c(C)c21. The Morgan fingerprint density at radius 3 is 2.55 bits per heavy atom. The zero-order valence-electron chi connectivity index (χ0n) is 12.6. The Morgan fingerprint density at radius 1 is 1.45 bits per heavy atom. The number of rotatable bonds is 2. The fourth-order valence-electron chi connectivity index (χ4n) is 2.44. The predicted molar refractivity (Wildman–Crippen MR) is 86.8 cm³/mol. The van der Waals surface area contributed by atoms with Crippen molar-refractivity contribution in [1.29, 1.82) is 10.8 Å². The molecule has 1 aromatic carbocycles. The van der Waals surface area contributed by atoms with Crippen molar-refractivity contribution >= 4 is 39.0 Å². The van der Waals surface area contributed by atoms with Gasteiger partial charge in [-0.15, -0.1) is 0 Å². The minimum Gasteiger partial charge on any atom is -0.434 e. The van der Waals surface area contributed by atoms with E-state index in [0.717, 1.165) is 0 Å². The molecule has 1 heterocycles. The summed E-state index contributed by atoms with van der Waals surface area (Å²) in [6.45, 7) is 3.96. The lowest BCUT2D eigenvalue weighted by Crippen LogP contribution is -2.55. The summed E-state index contributed by atoms with van der Waals surface area (Å²) in [7, 11) is 0. The van der Waals surface area contributed by atoms with E-state index in [4.69, 9.17) is 10.8 Å². The first kappa shape index (κ1) is 16.7. The zero-order chi connectivity index (χ0) is 16.8. The van der Waals surface area contributed by atoms with Crippen LogP contribution in [0.1, 0.15) is 26.3 Å². The Morgan fingerprint density at radius 2 is 2.05 bits per heavy atom. The summed E-state index contributed by atoms with van der Waals surface area (Å²) >= 11 is 3.26. The summed E-state index contributed by atoms with van der Waals surface area (Å²) in [6.07, 6.45) is 0. The van der Waals surface area contributed by atoms with E-state index in [1.54, 1.807) is 27.7 Å². The Balaban J connectivity index is 2.69. The van der Waals surface area contributed by atoms with Gasteiger partial charge in [-0.2, -0.15) is 8.78 Å². The number of anilines is 2. The van der Waals surface area contributed by atoms with Crippen LogP contribution in [-0.4, -0.2) is 23.8 Å². The maximum absolute atomic E-state index is 12.5. The molecule has 0 aromatic heterocycles. The zero-order valence-corrected chi connectivity index (χ0v) is 14.2. The van der Waals surface area contributed by atoms with Crippen LogP contribution in [0.2, 0.25) is 0 Å².